The molecule has 4 fully saturated rings. The number of carbonyl (C=O) groups is 1. The van der Waals surface area contributed by atoms with Gasteiger partial charge in [0.15, 0.2) is 0 Å². The number of rotatable bonds is 2. The van der Waals surface area contributed by atoms with Crippen molar-refractivity contribution in [3.8, 4) is 0 Å². The second-order valence-electron chi connectivity index (χ2n) is 15.0. The third-order valence-electron chi connectivity index (χ3n) is 13.6. The smallest absolute Gasteiger partial charge is 0.311 e. The number of aliphatic hydroxyl groups is 2. The second kappa shape index (κ2) is 7.82. The highest BCUT2D eigenvalue weighted by Crippen LogP contribution is 2.75. The first-order valence-corrected chi connectivity index (χ1v) is 14.3. The molecule has 0 aromatic heterocycles. The van der Waals surface area contributed by atoms with Crippen molar-refractivity contribution >= 4 is 5.97 Å². The fourth-order valence-electron chi connectivity index (χ4n) is 10.8. The third-order valence-corrected chi connectivity index (χ3v) is 13.6. The van der Waals surface area contributed by atoms with Gasteiger partial charge < -0.3 is 14.9 Å². The van der Waals surface area contributed by atoms with E-state index in [9.17, 15) is 15.0 Å². The standard InChI is InChI=1S/C31H50O4/c1-26-14-15-27(2,25(34)35-7)18-21(26)20-8-9-23-28(3)12-11-24(33)29(4,19-32)22(28)10-13-31(23,6)30(20,5)17-16-26/h8,21-24,32-33H,9-19H2,1-7H3/t21-,22+,23+,24-,26+,27+,28-,29+,30+,31+/m0/s1. The van der Waals surface area contributed by atoms with Gasteiger partial charge in [-0.2, -0.15) is 0 Å². The summed E-state index contributed by atoms with van der Waals surface area (Å²) in [5, 5.41) is 21.4. The summed E-state index contributed by atoms with van der Waals surface area (Å²) in [4.78, 5) is 12.8. The molecule has 4 heteroatoms. The van der Waals surface area contributed by atoms with Crippen molar-refractivity contribution in [1.29, 1.82) is 0 Å². The Hall–Kier alpha value is -0.870. The van der Waals surface area contributed by atoms with Crippen LogP contribution in [0.15, 0.2) is 11.6 Å². The van der Waals surface area contributed by atoms with Gasteiger partial charge in [-0.25, -0.2) is 0 Å². The molecule has 35 heavy (non-hydrogen) atoms. The average molecular weight is 487 g/mol. The topological polar surface area (TPSA) is 66.8 Å². The predicted octanol–water partition coefficient (Wildman–Crippen LogP) is 6.29. The molecule has 10 atom stereocenters. The van der Waals surface area contributed by atoms with Crippen LogP contribution in [-0.4, -0.2) is 36.0 Å². The molecule has 0 saturated heterocycles. The van der Waals surface area contributed by atoms with E-state index in [0.717, 1.165) is 51.4 Å². The van der Waals surface area contributed by atoms with E-state index >= 15 is 0 Å². The van der Waals surface area contributed by atoms with Gasteiger partial charge in [-0.3, -0.25) is 4.79 Å². The molecule has 4 saturated carbocycles. The van der Waals surface area contributed by atoms with Gasteiger partial charge in [0.05, 0.1) is 25.2 Å². The van der Waals surface area contributed by atoms with Crippen molar-refractivity contribution in [3.05, 3.63) is 11.6 Å². The summed E-state index contributed by atoms with van der Waals surface area (Å²) in [6.07, 6.45) is 12.8. The zero-order valence-corrected chi connectivity index (χ0v) is 23.4. The molecular weight excluding hydrogens is 436 g/mol. The normalized spacial score (nSPS) is 55.5. The van der Waals surface area contributed by atoms with Crippen molar-refractivity contribution in [1.82, 2.24) is 0 Å². The molecule has 0 amide bonds. The van der Waals surface area contributed by atoms with Crippen molar-refractivity contribution in [2.75, 3.05) is 13.7 Å². The van der Waals surface area contributed by atoms with Crippen LogP contribution in [0, 0.1) is 50.2 Å². The zero-order chi connectivity index (χ0) is 25.7. The lowest BCUT2D eigenvalue weighted by molar-refractivity contribution is -0.215. The molecule has 0 aromatic carbocycles. The summed E-state index contributed by atoms with van der Waals surface area (Å²) >= 11 is 0. The van der Waals surface area contributed by atoms with E-state index in [1.54, 1.807) is 5.57 Å². The molecule has 0 radical (unpaired) electrons. The first kappa shape index (κ1) is 25.8. The fourth-order valence-corrected chi connectivity index (χ4v) is 10.8. The van der Waals surface area contributed by atoms with E-state index in [1.165, 1.54) is 20.0 Å². The number of carbonyl (C=O) groups excluding carboxylic acids is 1. The van der Waals surface area contributed by atoms with E-state index in [2.05, 4.69) is 47.6 Å². The first-order chi connectivity index (χ1) is 16.2. The lowest BCUT2D eigenvalue weighted by Gasteiger charge is -2.71. The number of hydrogen-bond acceptors (Lipinski definition) is 4. The van der Waals surface area contributed by atoms with Crippen LogP contribution < -0.4 is 0 Å². The number of ether oxygens (including phenoxy) is 1. The summed E-state index contributed by atoms with van der Waals surface area (Å²) in [5.41, 5.74) is 1.58. The van der Waals surface area contributed by atoms with E-state index in [4.69, 9.17) is 4.74 Å². The Kier molecular flexibility index (Phi) is 5.76. The van der Waals surface area contributed by atoms with Crippen molar-refractivity contribution in [2.45, 2.75) is 112 Å². The van der Waals surface area contributed by atoms with Crippen LogP contribution >= 0.6 is 0 Å². The van der Waals surface area contributed by atoms with Crippen LogP contribution in [-0.2, 0) is 9.53 Å². The molecule has 0 unspecified atom stereocenters. The lowest BCUT2D eigenvalue weighted by atomic mass is 9.33. The summed E-state index contributed by atoms with van der Waals surface area (Å²) in [7, 11) is 1.54. The maximum atomic E-state index is 12.8. The van der Waals surface area contributed by atoms with Crippen LogP contribution in [0.1, 0.15) is 106 Å². The Morgan fingerprint density at radius 1 is 0.971 bits per heavy atom. The van der Waals surface area contributed by atoms with Crippen LogP contribution in [0.2, 0.25) is 0 Å². The first-order valence-electron chi connectivity index (χ1n) is 14.3. The quantitative estimate of drug-likeness (QED) is 0.355. The van der Waals surface area contributed by atoms with Crippen LogP contribution in [0.3, 0.4) is 0 Å². The van der Waals surface area contributed by atoms with E-state index < -0.39 is 11.5 Å². The molecule has 0 aliphatic heterocycles. The van der Waals surface area contributed by atoms with Gasteiger partial charge in [-0.1, -0.05) is 46.3 Å². The summed E-state index contributed by atoms with van der Waals surface area (Å²) in [6, 6.07) is 0. The van der Waals surface area contributed by atoms with Gasteiger partial charge in [0, 0.05) is 5.41 Å². The number of fused-ring (bicyclic) bond motifs is 7. The predicted molar refractivity (Wildman–Crippen MR) is 138 cm³/mol. The lowest BCUT2D eigenvalue weighted by Crippen LogP contribution is -2.65. The zero-order valence-electron chi connectivity index (χ0n) is 23.4. The number of hydrogen-bond donors (Lipinski definition) is 2. The summed E-state index contributed by atoms with van der Waals surface area (Å²) < 4.78 is 5.28. The Morgan fingerprint density at radius 2 is 1.66 bits per heavy atom. The molecule has 5 aliphatic carbocycles. The molecule has 198 valence electrons. The number of allylic oxidation sites excluding steroid dienone is 2. The van der Waals surface area contributed by atoms with Gasteiger partial charge in [0.2, 0.25) is 0 Å². The van der Waals surface area contributed by atoms with E-state index in [0.29, 0.717) is 17.8 Å². The van der Waals surface area contributed by atoms with Crippen LogP contribution in [0.5, 0.6) is 0 Å². The van der Waals surface area contributed by atoms with Crippen LogP contribution in [0.25, 0.3) is 0 Å². The number of aliphatic hydroxyl groups excluding tert-OH is 2. The largest absolute Gasteiger partial charge is 0.469 e. The molecule has 0 spiro atoms. The van der Waals surface area contributed by atoms with Gasteiger partial charge in [-0.05, 0) is 111 Å². The molecular formula is C31H50O4. The van der Waals surface area contributed by atoms with Crippen molar-refractivity contribution in [2.24, 2.45) is 50.2 Å². The Bertz CT molecular complexity index is 927. The number of methoxy groups -OCH3 is 1. The Balaban J connectivity index is 1.56. The van der Waals surface area contributed by atoms with Gasteiger partial charge >= 0.3 is 5.97 Å². The van der Waals surface area contributed by atoms with Gasteiger partial charge in [0.1, 0.15) is 0 Å². The van der Waals surface area contributed by atoms with Crippen molar-refractivity contribution < 1.29 is 19.7 Å². The van der Waals surface area contributed by atoms with Gasteiger partial charge in [-0.15, -0.1) is 0 Å². The highest BCUT2D eigenvalue weighted by molar-refractivity contribution is 5.76. The van der Waals surface area contributed by atoms with Crippen LogP contribution in [0.4, 0.5) is 0 Å². The minimum absolute atomic E-state index is 0.0376. The summed E-state index contributed by atoms with van der Waals surface area (Å²) in [5.74, 6) is 1.31. The highest BCUT2D eigenvalue weighted by atomic mass is 16.5. The minimum atomic E-state index is -0.408. The second-order valence-corrected chi connectivity index (χ2v) is 15.0. The monoisotopic (exact) mass is 486 g/mol. The molecule has 5 aliphatic rings. The van der Waals surface area contributed by atoms with E-state index in [-0.39, 0.29) is 39.7 Å². The van der Waals surface area contributed by atoms with Gasteiger partial charge in [0.25, 0.3) is 0 Å². The molecule has 5 rings (SSSR count). The average Bonchev–Trinajstić information content (AvgIpc) is 2.82. The highest BCUT2D eigenvalue weighted by Gasteiger charge is 2.68. The number of esters is 1. The maximum absolute atomic E-state index is 12.8. The molecule has 0 heterocycles. The molecule has 2 N–H and O–H groups in total. The Morgan fingerprint density at radius 3 is 2.31 bits per heavy atom. The van der Waals surface area contributed by atoms with Crippen molar-refractivity contribution in [3.63, 3.8) is 0 Å². The Labute approximate surface area is 213 Å². The fraction of sp³-hybridized carbons (Fsp3) is 0.903. The maximum Gasteiger partial charge on any atom is 0.311 e. The third kappa shape index (κ3) is 3.14. The van der Waals surface area contributed by atoms with E-state index in [1.807, 2.05) is 0 Å². The molecule has 0 aromatic rings. The molecule has 4 nitrogen and oxygen atoms in total. The minimum Gasteiger partial charge on any atom is -0.469 e. The molecule has 0 bridgehead atoms. The SMILES string of the molecule is COC(=O)[C@]1(C)CC[C@]2(C)CC[C@]3(C)C(=CC[C@@H]4[C@@]5(C)CC[C@H](O)[C@](C)(CO)[C@@H]5CC[C@]43C)[C@@H]2C1. The summed E-state index contributed by atoms with van der Waals surface area (Å²) in [6.45, 7) is 14.5.